The van der Waals surface area contributed by atoms with Gasteiger partial charge in [0.1, 0.15) is 23.6 Å². The van der Waals surface area contributed by atoms with Crippen LogP contribution in [0.25, 0.3) is 0 Å². The van der Waals surface area contributed by atoms with Crippen molar-refractivity contribution in [1.82, 2.24) is 19.8 Å². The summed E-state index contributed by atoms with van der Waals surface area (Å²) in [5.74, 6) is 2.72. The van der Waals surface area contributed by atoms with Crippen LogP contribution in [-0.2, 0) is 7.05 Å². The van der Waals surface area contributed by atoms with Crippen LogP contribution in [0.15, 0.2) is 51.1 Å². The van der Waals surface area contributed by atoms with Crippen LogP contribution >= 0.6 is 0 Å². The quantitative estimate of drug-likeness (QED) is 0.165. The number of carbonyl (C=O) groups excluding carboxylic acids is 1. The molecule has 2 aromatic heterocycles. The van der Waals surface area contributed by atoms with Crippen molar-refractivity contribution in [2.45, 2.75) is 18.8 Å². The van der Waals surface area contributed by atoms with Gasteiger partial charge in [-0.05, 0) is 11.6 Å². The van der Waals surface area contributed by atoms with Gasteiger partial charge in [-0.3, -0.25) is 14.2 Å². The molecule has 0 fully saturated rings. The maximum absolute atomic E-state index is 12.8. The molecule has 34 heavy (non-hydrogen) atoms. The molecule has 2 unspecified atom stereocenters. The Morgan fingerprint density at radius 2 is 2.12 bits per heavy atom. The molecule has 2 atom stereocenters. The van der Waals surface area contributed by atoms with Crippen molar-refractivity contribution >= 4 is 17.4 Å². The highest BCUT2D eigenvalue weighted by Crippen LogP contribution is 2.34. The zero-order chi connectivity index (χ0) is 25.0. The summed E-state index contributed by atoms with van der Waals surface area (Å²) >= 11 is 0. The summed E-state index contributed by atoms with van der Waals surface area (Å²) in [4.78, 5) is 29.8. The molecule has 6 N–H and O–H groups in total. The zero-order valence-corrected chi connectivity index (χ0v) is 18.6. The smallest absolute Gasteiger partial charge is 0.296 e. The van der Waals surface area contributed by atoms with E-state index in [4.69, 9.17) is 11.6 Å². The number of nitrogens with two attached hydrogens (primary N) is 2. The average molecular weight is 465 g/mol. The lowest BCUT2D eigenvalue weighted by Crippen LogP contribution is -2.35. The number of nitriles is 1. The second kappa shape index (κ2) is 9.84. The first-order valence-corrected chi connectivity index (χ1v) is 9.97. The van der Waals surface area contributed by atoms with Crippen LogP contribution in [0.2, 0.25) is 0 Å². The molecule has 0 aliphatic heterocycles. The minimum Gasteiger partial charge on any atom is -0.501 e. The Labute approximate surface area is 193 Å². The Kier molecular flexibility index (Phi) is 6.93. The Hall–Kier alpha value is -4.70. The third-order valence-electron chi connectivity index (χ3n) is 5.12. The molecule has 0 aliphatic carbocycles. The van der Waals surface area contributed by atoms with E-state index in [1.165, 1.54) is 26.6 Å². The van der Waals surface area contributed by atoms with E-state index in [9.17, 15) is 20.0 Å². The Morgan fingerprint density at radius 1 is 1.41 bits per heavy atom. The Balaban J connectivity index is 2.17. The summed E-state index contributed by atoms with van der Waals surface area (Å²) < 4.78 is 5.77. The first-order valence-electron chi connectivity index (χ1n) is 9.97. The molecule has 3 aromatic rings. The molecule has 2 heterocycles. The van der Waals surface area contributed by atoms with Crippen LogP contribution in [0.5, 0.6) is 5.75 Å². The van der Waals surface area contributed by atoms with E-state index in [0.717, 1.165) is 9.69 Å². The number of benzene rings is 1. The summed E-state index contributed by atoms with van der Waals surface area (Å²) in [6.45, 7) is 1.71. The molecule has 0 radical (unpaired) electrons. The molecule has 0 saturated carbocycles. The van der Waals surface area contributed by atoms with Gasteiger partial charge >= 0.3 is 0 Å². The van der Waals surface area contributed by atoms with Gasteiger partial charge in [0.25, 0.3) is 11.5 Å². The third-order valence-corrected chi connectivity index (χ3v) is 5.12. The fourth-order valence-corrected chi connectivity index (χ4v) is 3.58. The largest absolute Gasteiger partial charge is 0.501 e. The highest BCUT2D eigenvalue weighted by Gasteiger charge is 2.32. The number of anilines is 1. The van der Waals surface area contributed by atoms with Crippen molar-refractivity contribution in [3.05, 3.63) is 69.7 Å². The maximum atomic E-state index is 12.8. The second-order valence-electron chi connectivity index (χ2n) is 7.46. The molecule has 0 aliphatic rings. The molecule has 176 valence electrons. The monoisotopic (exact) mass is 465 g/mol. The number of aromatic nitrogens is 3. The number of aromatic hydroxyl groups is 1. The van der Waals surface area contributed by atoms with E-state index in [0.29, 0.717) is 11.1 Å². The summed E-state index contributed by atoms with van der Waals surface area (Å²) in [6, 6.07) is 8.88. The Morgan fingerprint density at radius 3 is 2.74 bits per heavy atom. The van der Waals surface area contributed by atoms with Gasteiger partial charge in [0.05, 0.1) is 23.7 Å². The molecule has 3 rings (SSSR count). The van der Waals surface area contributed by atoms with Crippen LogP contribution in [0, 0.1) is 11.3 Å². The van der Waals surface area contributed by atoms with Crippen molar-refractivity contribution in [3.8, 4) is 11.8 Å². The number of carbonyl (C=O) groups is 1. The molecule has 13 heteroatoms. The summed E-state index contributed by atoms with van der Waals surface area (Å²) in [7, 11) is 2.88. The van der Waals surface area contributed by atoms with Crippen LogP contribution in [0.1, 0.15) is 46.2 Å². The highest BCUT2D eigenvalue weighted by atomic mass is 16.5. The fourth-order valence-electron chi connectivity index (χ4n) is 3.58. The highest BCUT2D eigenvalue weighted by molar-refractivity contribution is 6.04. The van der Waals surface area contributed by atoms with Gasteiger partial charge in [0.2, 0.25) is 5.75 Å². The van der Waals surface area contributed by atoms with E-state index in [-0.39, 0.29) is 17.3 Å². The van der Waals surface area contributed by atoms with Crippen molar-refractivity contribution in [2.75, 3.05) is 12.4 Å². The normalized spacial score (nSPS) is 13.1. The van der Waals surface area contributed by atoms with Crippen LogP contribution in [0.4, 0.5) is 5.69 Å². The van der Waals surface area contributed by atoms with E-state index in [2.05, 4.69) is 31.2 Å². The molecular weight excluding hydrogens is 442 g/mol. The standard InChI is InChI=1S/C21H23N9O4/c1-11(15(18(23)28-30(3)24)14-7-5-4-6-12(14)8-22)19-27-16(17(31)21(33)29(19)2)20(32)26-13-9-25-34-10-13/h4-7,9-11,15,31H,24H2,1-3H3,(H2,23,28)(H,26,32). The predicted octanol–water partition coefficient (Wildman–Crippen LogP) is 0.563. The van der Waals surface area contributed by atoms with E-state index >= 15 is 0 Å². The summed E-state index contributed by atoms with van der Waals surface area (Å²) in [6.07, 6.45) is 2.42. The minimum absolute atomic E-state index is 0.0537. The van der Waals surface area contributed by atoms with Crippen LogP contribution in [-0.4, -0.2) is 43.7 Å². The number of hydrogen-bond acceptors (Lipinski definition) is 10. The molecule has 1 aromatic carbocycles. The van der Waals surface area contributed by atoms with Gasteiger partial charge in [-0.1, -0.05) is 30.3 Å². The second-order valence-corrected chi connectivity index (χ2v) is 7.46. The predicted molar refractivity (Wildman–Crippen MR) is 121 cm³/mol. The van der Waals surface area contributed by atoms with Crippen LogP contribution in [0.3, 0.4) is 0 Å². The van der Waals surface area contributed by atoms with Gasteiger partial charge in [0, 0.05) is 20.0 Å². The molecule has 0 spiro atoms. The topological polar surface area (TPSA) is 202 Å². The zero-order valence-electron chi connectivity index (χ0n) is 18.6. The first-order chi connectivity index (χ1) is 16.1. The van der Waals surface area contributed by atoms with Crippen molar-refractivity contribution in [3.63, 3.8) is 0 Å². The minimum atomic E-state index is -0.843. The number of hydrazine groups is 1. The van der Waals surface area contributed by atoms with Crippen molar-refractivity contribution in [2.24, 2.45) is 23.7 Å². The first kappa shape index (κ1) is 24.0. The number of nitrogens with one attached hydrogen (secondary N) is 1. The number of hydrazone groups is 1. The maximum Gasteiger partial charge on any atom is 0.296 e. The molecule has 13 nitrogen and oxygen atoms in total. The number of nitrogens with zero attached hydrogens (tertiary/aromatic N) is 6. The third kappa shape index (κ3) is 4.71. The number of amides is 1. The van der Waals surface area contributed by atoms with E-state index in [1.807, 2.05) is 0 Å². The summed E-state index contributed by atoms with van der Waals surface area (Å²) in [5.41, 5.74) is 6.02. The fraction of sp³-hybridized carbons (Fsp3) is 0.238. The van der Waals surface area contributed by atoms with E-state index in [1.54, 1.807) is 31.2 Å². The number of hydrogen-bond donors (Lipinski definition) is 4. The molecule has 1 amide bonds. The van der Waals surface area contributed by atoms with E-state index < -0.39 is 34.7 Å². The van der Waals surface area contributed by atoms with Gasteiger partial charge in [-0.15, -0.1) is 5.10 Å². The Bertz CT molecular complexity index is 1320. The lowest BCUT2D eigenvalue weighted by Gasteiger charge is -2.26. The van der Waals surface area contributed by atoms with Gasteiger partial charge in [0.15, 0.2) is 5.69 Å². The average Bonchev–Trinajstić information content (AvgIpc) is 3.30. The van der Waals surface area contributed by atoms with Gasteiger partial charge in [-0.25, -0.2) is 15.9 Å². The lowest BCUT2D eigenvalue weighted by atomic mass is 9.83. The van der Waals surface area contributed by atoms with Gasteiger partial charge < -0.3 is 20.7 Å². The van der Waals surface area contributed by atoms with Crippen molar-refractivity contribution < 1.29 is 14.4 Å². The van der Waals surface area contributed by atoms with Gasteiger partial charge in [-0.2, -0.15) is 5.26 Å². The summed E-state index contributed by atoms with van der Waals surface area (Å²) in [5, 5.41) is 31.0. The molecular formula is C21H23N9O4. The molecule has 0 saturated heterocycles. The number of rotatable bonds is 7. The van der Waals surface area contributed by atoms with Crippen molar-refractivity contribution in [1.29, 1.82) is 5.26 Å². The van der Waals surface area contributed by atoms with Crippen LogP contribution < -0.4 is 22.5 Å². The lowest BCUT2D eigenvalue weighted by molar-refractivity contribution is 0.101. The SMILES string of the molecule is CC(c1nc(C(=O)Nc2cnoc2)c(O)c(=O)n1C)C(/C(N)=N/N(C)N)c1ccccc1C#N. The number of amidine groups is 1. The molecule has 0 bridgehead atoms.